The van der Waals surface area contributed by atoms with Crippen LogP contribution in [-0.2, 0) is 16.1 Å². The van der Waals surface area contributed by atoms with E-state index in [1.54, 1.807) is 24.7 Å². The van der Waals surface area contributed by atoms with E-state index in [1.165, 1.54) is 11.3 Å². The van der Waals surface area contributed by atoms with Crippen LogP contribution < -0.4 is 24.4 Å². The van der Waals surface area contributed by atoms with Gasteiger partial charge >= 0.3 is 5.97 Å². The predicted octanol–water partition coefficient (Wildman–Crippen LogP) is 8.06. The molecule has 250 valence electrons. The molecular formula is C39H34BrClN2O5S. The Balaban J connectivity index is 1.50. The van der Waals surface area contributed by atoms with Crippen LogP contribution in [-0.4, -0.2) is 24.3 Å². The van der Waals surface area contributed by atoms with E-state index < -0.39 is 12.0 Å². The summed E-state index contributed by atoms with van der Waals surface area (Å²) >= 11 is 11.2. The fraction of sp³-hybridized carbons (Fsp3) is 0.205. The average molecular weight is 758 g/mol. The number of rotatable bonds is 10. The molecule has 1 aliphatic heterocycles. The molecule has 0 saturated carbocycles. The quantitative estimate of drug-likeness (QED) is 0.135. The van der Waals surface area contributed by atoms with Crippen molar-refractivity contribution < 1.29 is 19.0 Å². The molecule has 0 amide bonds. The van der Waals surface area contributed by atoms with Gasteiger partial charge in [0.05, 0.1) is 40.0 Å². The number of ether oxygens (including phenoxy) is 3. The zero-order chi connectivity index (χ0) is 34.7. The van der Waals surface area contributed by atoms with Crippen LogP contribution in [0.2, 0.25) is 5.02 Å². The highest BCUT2D eigenvalue weighted by Crippen LogP contribution is 2.38. The third-order valence-electron chi connectivity index (χ3n) is 8.17. The summed E-state index contributed by atoms with van der Waals surface area (Å²) < 4.78 is 20.1. The average Bonchev–Trinajstić information content (AvgIpc) is 3.41. The van der Waals surface area contributed by atoms with Gasteiger partial charge in [-0.05, 0) is 69.7 Å². The number of nitrogens with zero attached hydrogens (tertiary/aromatic N) is 2. The molecule has 5 aromatic rings. The SMILES string of the molecule is CCOC(=O)C1=C(c2ccccc2)N=c2s/c(=C\c3cc(Br)c(OCc4ccccc4Cl)c(OC)c3)c(=O)n2[C@H]1c1ccc(C(C)C)cc1. The van der Waals surface area contributed by atoms with Crippen LogP contribution in [0.4, 0.5) is 0 Å². The molecule has 7 nitrogen and oxygen atoms in total. The first kappa shape index (κ1) is 34.4. The van der Waals surface area contributed by atoms with Gasteiger partial charge < -0.3 is 14.2 Å². The molecule has 0 aliphatic carbocycles. The predicted molar refractivity (Wildman–Crippen MR) is 198 cm³/mol. The number of benzene rings is 4. The molecule has 10 heteroatoms. The van der Waals surface area contributed by atoms with Crippen LogP contribution in [0.5, 0.6) is 11.5 Å². The Morgan fingerprint density at radius 2 is 1.76 bits per heavy atom. The lowest BCUT2D eigenvalue weighted by Crippen LogP contribution is -2.40. The van der Waals surface area contributed by atoms with Gasteiger partial charge in [0.15, 0.2) is 16.3 Å². The topological polar surface area (TPSA) is 79.1 Å². The normalized spacial score (nSPS) is 14.4. The van der Waals surface area contributed by atoms with E-state index >= 15 is 0 Å². The number of halogens is 2. The van der Waals surface area contributed by atoms with Crippen LogP contribution in [0.15, 0.2) is 111 Å². The Kier molecular flexibility index (Phi) is 10.5. The highest BCUT2D eigenvalue weighted by atomic mass is 79.9. The largest absolute Gasteiger partial charge is 0.493 e. The molecule has 0 unspecified atom stereocenters. The van der Waals surface area contributed by atoms with Gasteiger partial charge in [0.25, 0.3) is 5.56 Å². The molecule has 0 N–H and O–H groups in total. The highest BCUT2D eigenvalue weighted by molar-refractivity contribution is 9.10. The van der Waals surface area contributed by atoms with Gasteiger partial charge in [-0.25, -0.2) is 9.79 Å². The first-order valence-electron chi connectivity index (χ1n) is 15.8. The number of carbonyl (C=O) groups excluding carboxylic acids is 1. The molecule has 4 aromatic carbocycles. The van der Waals surface area contributed by atoms with E-state index in [2.05, 4.69) is 29.8 Å². The van der Waals surface area contributed by atoms with E-state index in [-0.39, 0.29) is 18.8 Å². The molecule has 0 bridgehead atoms. The second-order valence-corrected chi connectivity index (χ2v) is 13.9. The summed E-state index contributed by atoms with van der Waals surface area (Å²) in [6, 6.07) is 28.0. The Bertz CT molecular complexity index is 2230. The summed E-state index contributed by atoms with van der Waals surface area (Å²) in [6.07, 6.45) is 1.80. The molecule has 49 heavy (non-hydrogen) atoms. The number of esters is 1. The fourth-order valence-corrected chi connectivity index (χ4v) is 7.46. The fourth-order valence-electron chi connectivity index (χ4n) is 5.70. The second kappa shape index (κ2) is 15.0. The molecule has 0 saturated heterocycles. The molecule has 1 aromatic heterocycles. The lowest BCUT2D eigenvalue weighted by atomic mass is 9.91. The number of fused-ring (bicyclic) bond motifs is 1. The van der Waals surface area contributed by atoms with E-state index in [0.29, 0.717) is 53.1 Å². The Labute approximate surface area is 301 Å². The van der Waals surface area contributed by atoms with Crippen LogP contribution >= 0.6 is 38.9 Å². The zero-order valence-corrected chi connectivity index (χ0v) is 30.6. The number of aromatic nitrogens is 1. The molecule has 0 spiro atoms. The van der Waals surface area contributed by atoms with E-state index in [9.17, 15) is 9.59 Å². The molecule has 2 heterocycles. The summed E-state index contributed by atoms with van der Waals surface area (Å²) in [4.78, 5) is 33.6. The van der Waals surface area contributed by atoms with Crippen molar-refractivity contribution >= 4 is 56.6 Å². The Morgan fingerprint density at radius 3 is 2.43 bits per heavy atom. The van der Waals surface area contributed by atoms with Crippen molar-refractivity contribution in [2.75, 3.05) is 13.7 Å². The van der Waals surface area contributed by atoms with Gasteiger partial charge in [0, 0.05) is 16.1 Å². The zero-order valence-electron chi connectivity index (χ0n) is 27.4. The first-order chi connectivity index (χ1) is 23.7. The number of carbonyl (C=O) groups is 1. The van der Waals surface area contributed by atoms with Crippen molar-refractivity contribution in [2.24, 2.45) is 4.99 Å². The van der Waals surface area contributed by atoms with E-state index in [4.69, 9.17) is 30.8 Å². The smallest absolute Gasteiger partial charge is 0.338 e. The summed E-state index contributed by atoms with van der Waals surface area (Å²) in [5.41, 5.74) is 4.77. The molecular weight excluding hydrogens is 724 g/mol. The number of methoxy groups -OCH3 is 1. The van der Waals surface area contributed by atoms with Gasteiger partial charge in [0.2, 0.25) is 0 Å². The van der Waals surface area contributed by atoms with Gasteiger partial charge in [-0.1, -0.05) is 110 Å². The monoisotopic (exact) mass is 756 g/mol. The second-order valence-electron chi connectivity index (χ2n) is 11.7. The van der Waals surface area contributed by atoms with Crippen LogP contribution in [0.1, 0.15) is 60.5 Å². The van der Waals surface area contributed by atoms with Crippen molar-refractivity contribution in [3.63, 3.8) is 0 Å². The van der Waals surface area contributed by atoms with Crippen molar-refractivity contribution in [3.8, 4) is 11.5 Å². The molecule has 0 fully saturated rings. The minimum Gasteiger partial charge on any atom is -0.493 e. The summed E-state index contributed by atoms with van der Waals surface area (Å²) in [5, 5.41) is 0.611. The molecule has 1 atom stereocenters. The van der Waals surface area contributed by atoms with Crippen molar-refractivity contribution in [1.29, 1.82) is 0 Å². The Hall–Kier alpha value is -4.44. The van der Waals surface area contributed by atoms with Crippen LogP contribution in [0.25, 0.3) is 11.8 Å². The minimum atomic E-state index is -0.754. The van der Waals surface area contributed by atoms with E-state index in [1.807, 2.05) is 91.0 Å². The van der Waals surface area contributed by atoms with Crippen LogP contribution in [0.3, 0.4) is 0 Å². The van der Waals surface area contributed by atoms with Crippen LogP contribution in [0, 0.1) is 0 Å². The number of hydrogen-bond donors (Lipinski definition) is 0. The van der Waals surface area contributed by atoms with Crippen molar-refractivity contribution in [2.45, 2.75) is 39.3 Å². The summed E-state index contributed by atoms with van der Waals surface area (Å²) in [6.45, 7) is 6.45. The van der Waals surface area contributed by atoms with Gasteiger partial charge in [-0.3, -0.25) is 9.36 Å². The third kappa shape index (κ3) is 7.15. The first-order valence-corrected chi connectivity index (χ1v) is 17.8. The number of hydrogen-bond acceptors (Lipinski definition) is 7. The number of thiazole rings is 1. The summed E-state index contributed by atoms with van der Waals surface area (Å²) in [5.74, 6) is 0.801. The van der Waals surface area contributed by atoms with Gasteiger partial charge in [-0.2, -0.15) is 0 Å². The van der Waals surface area contributed by atoms with Crippen molar-refractivity contribution in [3.05, 3.63) is 154 Å². The Morgan fingerprint density at radius 1 is 1.04 bits per heavy atom. The van der Waals surface area contributed by atoms with Crippen molar-refractivity contribution in [1.82, 2.24) is 4.57 Å². The maximum absolute atomic E-state index is 14.4. The van der Waals surface area contributed by atoms with Gasteiger partial charge in [-0.15, -0.1) is 0 Å². The summed E-state index contributed by atoms with van der Waals surface area (Å²) in [7, 11) is 1.56. The maximum atomic E-state index is 14.4. The lowest BCUT2D eigenvalue weighted by Gasteiger charge is -2.26. The maximum Gasteiger partial charge on any atom is 0.338 e. The standard InChI is InChI=1S/C39H34BrClN2O5S/c1-5-47-38(45)33-34(26-11-7-6-8-12-26)42-39-43(35(33)27-17-15-25(16-18-27)23(2)3)37(44)32(49-39)21-24-19-29(40)36(31(20-24)46-4)48-22-28-13-9-10-14-30(28)41/h6-21,23,35H,5,22H2,1-4H3/b32-21-/t35-/m0/s1. The highest BCUT2D eigenvalue weighted by Gasteiger charge is 2.35. The van der Waals surface area contributed by atoms with Gasteiger partial charge in [0.1, 0.15) is 6.61 Å². The molecule has 1 aliphatic rings. The molecule has 6 rings (SSSR count). The molecule has 0 radical (unpaired) electrons. The minimum absolute atomic E-state index is 0.183. The third-order valence-corrected chi connectivity index (χ3v) is 10.1. The van der Waals surface area contributed by atoms with E-state index in [0.717, 1.165) is 22.3 Å². The lowest BCUT2D eigenvalue weighted by molar-refractivity contribution is -0.138.